The van der Waals surface area contributed by atoms with Crippen LogP contribution in [0.25, 0.3) is 6.08 Å². The molecule has 324 valence electrons. The Morgan fingerprint density at radius 3 is 2.38 bits per heavy atom. The van der Waals surface area contributed by atoms with Crippen LogP contribution in [0.4, 0.5) is 0 Å². The SMILES string of the molecule is CCCCCC1(CCCCC)O[C@@H]2[C@H](O1)[C@H]1ON(Cc3ccccc3C=CCO[C@H]3O[C@H](CO)[C@H](O)[C@H](O)[C@H]3O)[C@H]3C(=O)O[C@@H]2C[C@@]13C(=O)NCCC(=O)NCCO. The molecule has 1 saturated carbocycles. The number of ether oxygens (including phenoxy) is 5. The molecule has 7 N–H and O–H groups in total. The molecule has 1 aromatic rings. The predicted molar refractivity (Wildman–Crippen MR) is 205 cm³/mol. The van der Waals surface area contributed by atoms with Gasteiger partial charge in [0.2, 0.25) is 11.8 Å². The second kappa shape index (κ2) is 20.0. The first-order valence-electron chi connectivity index (χ1n) is 20.8. The van der Waals surface area contributed by atoms with Crippen LogP contribution in [0.2, 0.25) is 0 Å². The van der Waals surface area contributed by atoms with Crippen molar-refractivity contribution in [1.82, 2.24) is 15.7 Å². The molecule has 1 aliphatic carbocycles. The van der Waals surface area contributed by atoms with Crippen molar-refractivity contribution in [3.8, 4) is 0 Å². The van der Waals surface area contributed by atoms with E-state index in [1.165, 1.54) is 5.06 Å². The molecule has 4 heterocycles. The highest BCUT2D eigenvalue weighted by Gasteiger charge is 2.76. The van der Waals surface area contributed by atoms with E-state index in [0.717, 1.165) is 49.7 Å². The van der Waals surface area contributed by atoms with Gasteiger partial charge in [0.1, 0.15) is 54.2 Å². The maximum absolute atomic E-state index is 14.6. The van der Waals surface area contributed by atoms with Crippen molar-refractivity contribution in [2.75, 3.05) is 32.9 Å². The van der Waals surface area contributed by atoms with Gasteiger partial charge in [-0.25, -0.2) is 0 Å². The van der Waals surface area contributed by atoms with Gasteiger partial charge >= 0.3 is 5.97 Å². The lowest BCUT2D eigenvalue weighted by Crippen LogP contribution is -2.69. The third kappa shape index (κ3) is 9.29. The monoisotopic (exact) mass is 819 g/mol. The van der Waals surface area contributed by atoms with Crippen molar-refractivity contribution in [1.29, 1.82) is 0 Å². The van der Waals surface area contributed by atoms with Crippen molar-refractivity contribution in [2.45, 2.75) is 152 Å². The van der Waals surface area contributed by atoms with Crippen molar-refractivity contribution >= 4 is 23.9 Å². The maximum Gasteiger partial charge on any atom is 0.327 e. The lowest BCUT2D eigenvalue weighted by molar-refractivity contribution is -0.298. The summed E-state index contributed by atoms with van der Waals surface area (Å²) in [5.74, 6) is -2.33. The summed E-state index contributed by atoms with van der Waals surface area (Å²) in [6.45, 7) is 3.59. The van der Waals surface area contributed by atoms with Gasteiger partial charge in [0.15, 0.2) is 18.1 Å². The molecule has 4 aliphatic heterocycles. The normalized spacial score (nSPS) is 33.9. The summed E-state index contributed by atoms with van der Waals surface area (Å²) < 4.78 is 31.0. The largest absolute Gasteiger partial charge is 0.458 e. The van der Waals surface area contributed by atoms with E-state index in [2.05, 4.69) is 24.5 Å². The Morgan fingerprint density at radius 1 is 0.948 bits per heavy atom. The number of nitrogens with zero attached hydrogens (tertiary/aromatic N) is 1. The average molecular weight is 820 g/mol. The van der Waals surface area contributed by atoms with E-state index in [4.69, 9.17) is 33.6 Å². The van der Waals surface area contributed by atoms with Crippen LogP contribution in [0.1, 0.15) is 89.2 Å². The number of nitrogens with one attached hydrogen (secondary N) is 2. The number of amides is 2. The molecular formula is C41H61N3O14. The number of aliphatic hydroxyl groups is 5. The van der Waals surface area contributed by atoms with Crippen molar-refractivity contribution in [3.63, 3.8) is 0 Å². The Morgan fingerprint density at radius 2 is 1.67 bits per heavy atom. The van der Waals surface area contributed by atoms with Gasteiger partial charge in [0, 0.05) is 38.8 Å². The number of esters is 1. The zero-order chi connectivity index (χ0) is 41.5. The standard InChI is InChI=1S/C41H61N3O14/c1-3-5-9-16-40(17-10-6-4-2)56-33-27-22-41(39(52)43-18-15-29(47)42-19-20-45)35(37(51)54-27)44(58-36(41)34(33)57-40)23-26-13-8-7-12-25(26)14-11-21-53-38-32(50)31(49)30(48)28(24-46)55-38/h7-8,11-14,27-28,30-36,38,45-46,48-50H,3-6,9-10,15-24H2,1-2H3,(H,42,47)(H,43,52)/t27-,28-,30+,31+,32-,33+,34+,35+,36-,38+,41+/m1/s1. The lowest BCUT2D eigenvalue weighted by Gasteiger charge is -2.48. The molecule has 4 saturated heterocycles. The van der Waals surface area contributed by atoms with Gasteiger partial charge in [0.05, 0.1) is 26.4 Å². The van der Waals surface area contributed by atoms with Crippen LogP contribution in [0, 0.1) is 5.41 Å². The molecule has 17 nitrogen and oxygen atoms in total. The third-order valence-corrected chi connectivity index (χ3v) is 12.0. The molecule has 0 spiro atoms. The van der Waals surface area contributed by atoms with Gasteiger partial charge in [-0.15, -0.1) is 0 Å². The molecule has 0 radical (unpaired) electrons. The molecule has 2 bridgehead atoms. The number of hydrogen-bond donors (Lipinski definition) is 7. The quantitative estimate of drug-likeness (QED) is 0.0664. The fourth-order valence-electron chi connectivity index (χ4n) is 8.97. The third-order valence-electron chi connectivity index (χ3n) is 12.0. The highest BCUT2D eigenvalue weighted by molar-refractivity contribution is 5.94. The number of carbonyl (C=O) groups is 3. The molecule has 2 amide bonds. The molecule has 5 fully saturated rings. The Hall–Kier alpha value is -3.07. The van der Waals surface area contributed by atoms with Gasteiger partial charge in [-0.05, 0) is 24.0 Å². The number of hydroxylamine groups is 2. The number of fused-ring (bicyclic) bond motifs is 4. The van der Waals surface area contributed by atoms with Crippen LogP contribution in [0.5, 0.6) is 0 Å². The molecule has 6 rings (SSSR count). The Kier molecular flexibility index (Phi) is 15.3. The van der Waals surface area contributed by atoms with Crippen LogP contribution in [0.15, 0.2) is 30.3 Å². The van der Waals surface area contributed by atoms with Crippen LogP contribution in [-0.4, -0.2) is 148 Å². The minimum atomic E-state index is -1.57. The fourth-order valence-corrected chi connectivity index (χ4v) is 8.97. The van der Waals surface area contributed by atoms with E-state index in [0.29, 0.717) is 12.8 Å². The first-order chi connectivity index (χ1) is 28.0. The summed E-state index contributed by atoms with van der Waals surface area (Å²) in [5, 5.41) is 56.2. The maximum atomic E-state index is 14.6. The average Bonchev–Trinajstić information content (AvgIpc) is 3.77. The van der Waals surface area contributed by atoms with E-state index in [-0.39, 0.29) is 51.6 Å². The molecule has 17 heteroatoms. The summed E-state index contributed by atoms with van der Waals surface area (Å²) in [5.41, 5.74) is 0.0425. The van der Waals surface area contributed by atoms with Gasteiger partial charge in [-0.3, -0.25) is 19.2 Å². The number of hydrogen-bond acceptors (Lipinski definition) is 15. The zero-order valence-corrected chi connectivity index (χ0v) is 33.4. The first-order valence-corrected chi connectivity index (χ1v) is 20.8. The van der Waals surface area contributed by atoms with Crippen LogP contribution >= 0.6 is 0 Å². The molecular weight excluding hydrogens is 758 g/mol. The summed E-state index contributed by atoms with van der Waals surface area (Å²) in [6, 6.07) is 6.24. The fraction of sp³-hybridized carbons (Fsp3) is 0.732. The molecule has 58 heavy (non-hydrogen) atoms. The summed E-state index contributed by atoms with van der Waals surface area (Å²) in [7, 11) is 0. The lowest BCUT2D eigenvalue weighted by atomic mass is 9.62. The van der Waals surface area contributed by atoms with E-state index in [9.17, 15) is 34.8 Å². The van der Waals surface area contributed by atoms with Crippen LogP contribution in [0.3, 0.4) is 0 Å². The Balaban J connectivity index is 1.24. The summed E-state index contributed by atoms with van der Waals surface area (Å²) in [4.78, 5) is 47.9. The molecule has 0 unspecified atom stereocenters. The van der Waals surface area contributed by atoms with Crippen molar-refractivity contribution in [3.05, 3.63) is 41.5 Å². The topological polar surface area (TPSA) is 235 Å². The molecule has 5 aliphatic rings. The number of rotatable bonds is 21. The highest BCUT2D eigenvalue weighted by atomic mass is 16.8. The highest BCUT2D eigenvalue weighted by Crippen LogP contribution is 2.58. The predicted octanol–water partition coefficient (Wildman–Crippen LogP) is 0.572. The van der Waals surface area contributed by atoms with Gasteiger partial charge in [-0.2, -0.15) is 5.06 Å². The minimum Gasteiger partial charge on any atom is -0.458 e. The number of aliphatic hydroxyl groups excluding tert-OH is 5. The van der Waals surface area contributed by atoms with Gasteiger partial charge in [-0.1, -0.05) is 75.9 Å². The molecule has 1 aromatic carbocycles. The first kappa shape index (κ1) is 44.5. The van der Waals surface area contributed by atoms with Crippen molar-refractivity contribution in [2.24, 2.45) is 5.41 Å². The van der Waals surface area contributed by atoms with E-state index in [1.54, 1.807) is 12.2 Å². The number of unbranched alkanes of at least 4 members (excludes halogenated alkanes) is 4. The van der Waals surface area contributed by atoms with Gasteiger partial charge < -0.3 is 59.9 Å². The Bertz CT molecular complexity index is 1570. The van der Waals surface area contributed by atoms with Crippen LogP contribution in [-0.2, 0) is 49.5 Å². The molecule has 0 aromatic heterocycles. The molecule has 11 atom stereocenters. The van der Waals surface area contributed by atoms with Crippen molar-refractivity contribution < 1.29 is 68.4 Å². The Labute approximate surface area is 338 Å². The smallest absolute Gasteiger partial charge is 0.327 e. The minimum absolute atomic E-state index is 0.000747. The summed E-state index contributed by atoms with van der Waals surface area (Å²) in [6.07, 6.45) is 0.596. The second-order valence-electron chi connectivity index (χ2n) is 15.9. The van der Waals surface area contributed by atoms with E-state index < -0.39 is 90.8 Å². The summed E-state index contributed by atoms with van der Waals surface area (Å²) >= 11 is 0. The number of carbonyl (C=O) groups excluding carboxylic acids is 3. The van der Waals surface area contributed by atoms with E-state index in [1.807, 2.05) is 24.3 Å². The van der Waals surface area contributed by atoms with Crippen LogP contribution < -0.4 is 10.6 Å². The number of benzene rings is 1. The van der Waals surface area contributed by atoms with E-state index >= 15 is 0 Å². The van der Waals surface area contributed by atoms with Gasteiger partial charge in [0.25, 0.3) is 0 Å². The zero-order valence-electron chi connectivity index (χ0n) is 33.4. The second-order valence-corrected chi connectivity index (χ2v) is 15.9.